The lowest BCUT2D eigenvalue weighted by Gasteiger charge is -2.36. The molecule has 29 heavy (non-hydrogen) atoms. The number of hydrogen-bond donors (Lipinski definition) is 1. The standard InChI is InChI=1S/C19H21N5O3S2/c25-29(26)9-7-24(8-10-29)17-18(21-6-5-20-17)27-14-11-13(12-14)22-19-23-15-3-1-2-4-16(15)28-19/h1-6,13-14H,7-12H2,(H,22,23)/t13-,14-. The van der Waals surface area contributed by atoms with Gasteiger partial charge in [-0.15, -0.1) is 0 Å². The van der Waals surface area contributed by atoms with Crippen LogP contribution in [0.15, 0.2) is 36.7 Å². The Hall–Kier alpha value is -2.46. The van der Waals surface area contributed by atoms with Gasteiger partial charge in [-0.2, -0.15) is 0 Å². The number of thiazole rings is 1. The molecule has 0 bridgehead atoms. The lowest BCUT2D eigenvalue weighted by Crippen LogP contribution is -2.44. The molecule has 10 heteroatoms. The fourth-order valence-corrected chi connectivity index (χ4v) is 5.73. The summed E-state index contributed by atoms with van der Waals surface area (Å²) in [6, 6.07) is 8.43. The Bertz CT molecular complexity index is 1080. The maximum absolute atomic E-state index is 11.7. The van der Waals surface area contributed by atoms with E-state index >= 15 is 0 Å². The Morgan fingerprint density at radius 1 is 1.10 bits per heavy atom. The molecule has 2 aromatic heterocycles. The summed E-state index contributed by atoms with van der Waals surface area (Å²) in [5, 5.41) is 4.42. The number of para-hydroxylation sites is 1. The fourth-order valence-electron chi connectivity index (χ4n) is 3.59. The van der Waals surface area contributed by atoms with Gasteiger partial charge < -0.3 is 15.0 Å². The summed E-state index contributed by atoms with van der Waals surface area (Å²) in [7, 11) is -2.94. The first-order chi connectivity index (χ1) is 14.1. The third kappa shape index (κ3) is 3.99. The van der Waals surface area contributed by atoms with Crippen LogP contribution in [0.2, 0.25) is 0 Å². The third-order valence-corrected chi connectivity index (χ3v) is 7.86. The molecule has 3 heterocycles. The van der Waals surface area contributed by atoms with Crippen LogP contribution in [0.4, 0.5) is 10.9 Å². The molecule has 0 atom stereocenters. The smallest absolute Gasteiger partial charge is 0.257 e. The molecule has 152 valence electrons. The highest BCUT2D eigenvalue weighted by Crippen LogP contribution is 2.33. The second kappa shape index (κ2) is 7.42. The van der Waals surface area contributed by atoms with Crippen molar-refractivity contribution in [3.05, 3.63) is 36.7 Å². The molecule has 1 saturated heterocycles. The van der Waals surface area contributed by atoms with Crippen LogP contribution in [0, 0.1) is 0 Å². The normalized spacial score (nSPS) is 23.5. The first-order valence-electron chi connectivity index (χ1n) is 9.61. The predicted octanol–water partition coefficient (Wildman–Crippen LogP) is 2.34. The summed E-state index contributed by atoms with van der Waals surface area (Å²) >= 11 is 1.66. The number of hydrogen-bond acceptors (Lipinski definition) is 9. The Morgan fingerprint density at radius 2 is 1.86 bits per heavy atom. The van der Waals surface area contributed by atoms with Crippen molar-refractivity contribution < 1.29 is 13.2 Å². The monoisotopic (exact) mass is 431 g/mol. The van der Waals surface area contributed by atoms with Crippen molar-refractivity contribution in [1.82, 2.24) is 15.0 Å². The molecule has 0 radical (unpaired) electrons. The molecular formula is C19H21N5O3S2. The number of anilines is 2. The molecule has 0 spiro atoms. The minimum Gasteiger partial charge on any atom is -0.472 e. The van der Waals surface area contributed by atoms with Crippen molar-refractivity contribution in [2.24, 2.45) is 0 Å². The maximum atomic E-state index is 11.7. The topological polar surface area (TPSA) is 97.3 Å². The molecule has 2 aliphatic rings. The van der Waals surface area contributed by atoms with Gasteiger partial charge in [0.25, 0.3) is 5.88 Å². The van der Waals surface area contributed by atoms with Crippen molar-refractivity contribution >= 4 is 42.3 Å². The minimum atomic E-state index is -2.94. The number of nitrogens with zero attached hydrogens (tertiary/aromatic N) is 4. The van der Waals surface area contributed by atoms with E-state index in [4.69, 9.17) is 4.74 Å². The zero-order valence-electron chi connectivity index (χ0n) is 15.7. The molecule has 1 aliphatic carbocycles. The zero-order valence-corrected chi connectivity index (χ0v) is 17.3. The molecule has 1 N–H and O–H groups in total. The van der Waals surface area contributed by atoms with Crippen LogP contribution in [0.25, 0.3) is 10.2 Å². The van der Waals surface area contributed by atoms with E-state index < -0.39 is 9.84 Å². The number of nitrogens with one attached hydrogen (secondary N) is 1. The van der Waals surface area contributed by atoms with Crippen molar-refractivity contribution in [1.29, 1.82) is 0 Å². The van der Waals surface area contributed by atoms with E-state index in [0.29, 0.717) is 30.8 Å². The third-order valence-electron chi connectivity index (χ3n) is 5.29. The lowest BCUT2D eigenvalue weighted by molar-refractivity contribution is 0.103. The molecular weight excluding hydrogens is 410 g/mol. The van der Waals surface area contributed by atoms with E-state index in [1.165, 1.54) is 4.70 Å². The van der Waals surface area contributed by atoms with Gasteiger partial charge in [0.15, 0.2) is 20.8 Å². The van der Waals surface area contributed by atoms with Gasteiger partial charge in [0, 0.05) is 44.4 Å². The SMILES string of the molecule is O=S1(=O)CCN(c2nccnc2O[C@H]2C[C@H](Nc3nc4ccccc4s3)C2)CC1. The van der Waals surface area contributed by atoms with Gasteiger partial charge in [-0.3, -0.25) is 0 Å². The number of benzene rings is 1. The molecule has 2 fully saturated rings. The Morgan fingerprint density at radius 3 is 2.66 bits per heavy atom. The van der Waals surface area contributed by atoms with E-state index in [9.17, 15) is 8.42 Å². The first-order valence-corrected chi connectivity index (χ1v) is 12.2. The van der Waals surface area contributed by atoms with Crippen molar-refractivity contribution in [2.45, 2.75) is 25.0 Å². The molecule has 0 amide bonds. The second-order valence-electron chi connectivity index (χ2n) is 7.36. The largest absolute Gasteiger partial charge is 0.472 e. The van der Waals surface area contributed by atoms with Gasteiger partial charge in [0.1, 0.15) is 6.10 Å². The Kier molecular flexibility index (Phi) is 4.75. The van der Waals surface area contributed by atoms with Gasteiger partial charge in [-0.25, -0.2) is 23.4 Å². The van der Waals surface area contributed by atoms with Gasteiger partial charge in [0.05, 0.1) is 21.7 Å². The van der Waals surface area contributed by atoms with Crippen molar-refractivity contribution in [3.63, 3.8) is 0 Å². The van der Waals surface area contributed by atoms with Crippen molar-refractivity contribution in [3.8, 4) is 5.88 Å². The summed E-state index contributed by atoms with van der Waals surface area (Å²) in [5.41, 5.74) is 1.01. The average molecular weight is 432 g/mol. The van der Waals surface area contributed by atoms with E-state index in [1.807, 2.05) is 23.1 Å². The number of aromatic nitrogens is 3. The fraction of sp³-hybridized carbons (Fsp3) is 0.421. The predicted molar refractivity (Wildman–Crippen MR) is 114 cm³/mol. The Balaban J connectivity index is 1.19. The van der Waals surface area contributed by atoms with Crippen LogP contribution >= 0.6 is 11.3 Å². The molecule has 1 saturated carbocycles. The van der Waals surface area contributed by atoms with Crippen LogP contribution in [0.5, 0.6) is 5.88 Å². The Labute approximate surface area is 172 Å². The summed E-state index contributed by atoms with van der Waals surface area (Å²) in [6.07, 6.45) is 5.00. The van der Waals surface area contributed by atoms with E-state index in [0.717, 1.165) is 23.5 Å². The second-order valence-corrected chi connectivity index (χ2v) is 10.7. The molecule has 5 rings (SSSR count). The summed E-state index contributed by atoms with van der Waals surface area (Å²) in [4.78, 5) is 15.3. The number of ether oxygens (including phenoxy) is 1. The first kappa shape index (κ1) is 18.6. The summed E-state index contributed by atoms with van der Waals surface area (Å²) in [6.45, 7) is 0.841. The van der Waals surface area contributed by atoms with Gasteiger partial charge >= 0.3 is 0 Å². The number of fused-ring (bicyclic) bond motifs is 1. The molecule has 0 unspecified atom stereocenters. The zero-order chi connectivity index (χ0) is 19.8. The molecule has 1 aromatic carbocycles. The van der Waals surface area contributed by atoms with Crippen LogP contribution in [0.1, 0.15) is 12.8 Å². The van der Waals surface area contributed by atoms with Crippen LogP contribution in [-0.4, -0.2) is 60.1 Å². The van der Waals surface area contributed by atoms with Gasteiger partial charge in [-0.05, 0) is 12.1 Å². The van der Waals surface area contributed by atoms with Gasteiger partial charge in [0.2, 0.25) is 0 Å². The quantitative estimate of drug-likeness (QED) is 0.657. The van der Waals surface area contributed by atoms with Gasteiger partial charge in [-0.1, -0.05) is 23.5 Å². The van der Waals surface area contributed by atoms with Crippen molar-refractivity contribution in [2.75, 3.05) is 34.8 Å². The highest BCUT2D eigenvalue weighted by Gasteiger charge is 2.33. The van der Waals surface area contributed by atoms with Crippen LogP contribution in [0.3, 0.4) is 0 Å². The molecule has 1 aliphatic heterocycles. The highest BCUT2D eigenvalue weighted by atomic mass is 32.2. The van der Waals surface area contributed by atoms with E-state index in [2.05, 4.69) is 26.3 Å². The average Bonchev–Trinajstić information content (AvgIpc) is 3.09. The highest BCUT2D eigenvalue weighted by molar-refractivity contribution is 7.91. The minimum absolute atomic E-state index is 0.0610. The van der Waals surface area contributed by atoms with Crippen LogP contribution in [-0.2, 0) is 9.84 Å². The number of sulfone groups is 1. The maximum Gasteiger partial charge on any atom is 0.257 e. The van der Waals surface area contributed by atoms with E-state index in [1.54, 1.807) is 23.7 Å². The number of rotatable bonds is 5. The molecule has 3 aromatic rings. The van der Waals surface area contributed by atoms with Crippen LogP contribution < -0.4 is 15.0 Å². The van der Waals surface area contributed by atoms with E-state index in [-0.39, 0.29) is 17.6 Å². The summed E-state index contributed by atoms with van der Waals surface area (Å²) in [5.74, 6) is 1.39. The summed E-state index contributed by atoms with van der Waals surface area (Å²) < 4.78 is 30.6. The molecule has 8 nitrogen and oxygen atoms in total. The lowest BCUT2D eigenvalue weighted by atomic mass is 9.89.